The molecule has 1 aromatic rings. The quantitative estimate of drug-likeness (QED) is 0.429. The molecular formula is C4H6Cl4N2Ti. The van der Waals surface area contributed by atoms with Crippen LogP contribution in [0.5, 0.6) is 0 Å². The van der Waals surface area contributed by atoms with Gasteiger partial charge in [-0.1, -0.05) is 0 Å². The topological polar surface area (TPSA) is 17.8 Å². The molecule has 0 spiro atoms. The van der Waals surface area contributed by atoms with Crippen LogP contribution in [-0.4, -0.2) is 9.55 Å². The molecule has 11 heavy (non-hydrogen) atoms. The second-order valence-electron chi connectivity index (χ2n) is 1.23. The van der Waals surface area contributed by atoms with Crippen molar-refractivity contribution in [3.05, 3.63) is 18.7 Å². The number of aryl methyl sites for hydroxylation is 1. The van der Waals surface area contributed by atoms with Crippen LogP contribution in [0.25, 0.3) is 0 Å². The van der Waals surface area contributed by atoms with Gasteiger partial charge in [-0.3, -0.25) is 0 Å². The van der Waals surface area contributed by atoms with E-state index in [4.69, 9.17) is 0 Å². The van der Waals surface area contributed by atoms with Crippen molar-refractivity contribution < 1.29 is 71.3 Å². The Hall–Kier alpha value is 1.08. The molecule has 0 unspecified atom stereocenters. The van der Waals surface area contributed by atoms with Gasteiger partial charge in [-0.2, -0.15) is 0 Å². The van der Waals surface area contributed by atoms with Crippen LogP contribution in [0, 0.1) is 0 Å². The summed E-state index contributed by atoms with van der Waals surface area (Å²) in [5.41, 5.74) is 0. The third-order valence-corrected chi connectivity index (χ3v) is 0.637. The minimum absolute atomic E-state index is 0. The van der Waals surface area contributed by atoms with Crippen molar-refractivity contribution >= 4 is 0 Å². The van der Waals surface area contributed by atoms with Crippen molar-refractivity contribution in [3.8, 4) is 0 Å². The maximum atomic E-state index is 3.78. The molecular weight excluding hydrogens is 266 g/mol. The molecule has 0 aliphatic heterocycles. The monoisotopic (exact) mass is 270 g/mol. The summed E-state index contributed by atoms with van der Waals surface area (Å²) in [6.45, 7) is 0. The summed E-state index contributed by atoms with van der Waals surface area (Å²) < 4.78 is 1.89. The van der Waals surface area contributed by atoms with Crippen molar-refractivity contribution in [2.75, 3.05) is 0 Å². The molecule has 1 heterocycles. The van der Waals surface area contributed by atoms with Crippen LogP contribution in [0.2, 0.25) is 0 Å². The third-order valence-electron chi connectivity index (χ3n) is 0.637. The van der Waals surface area contributed by atoms with Gasteiger partial charge >= 0.3 is 21.7 Å². The van der Waals surface area contributed by atoms with Gasteiger partial charge in [0.15, 0.2) is 0 Å². The summed E-state index contributed by atoms with van der Waals surface area (Å²) in [6.07, 6.45) is 5.39. The molecule has 0 fully saturated rings. The molecule has 0 radical (unpaired) electrons. The standard InChI is InChI=1S/C4H6N2.4ClH.Ti/c1-6-3-2-5-4-6;;;;;/h2-4H,1H3;4*1H;/q;;;;;+4/p-4. The van der Waals surface area contributed by atoms with Crippen molar-refractivity contribution in [2.45, 2.75) is 0 Å². The first-order valence-corrected chi connectivity index (χ1v) is 1.81. The summed E-state index contributed by atoms with van der Waals surface area (Å²) in [7, 11) is 1.94. The molecule has 0 aromatic carbocycles. The van der Waals surface area contributed by atoms with E-state index in [-0.39, 0.29) is 71.3 Å². The minimum Gasteiger partial charge on any atom is -1.00 e. The second-order valence-corrected chi connectivity index (χ2v) is 1.23. The van der Waals surface area contributed by atoms with Crippen LogP contribution < -0.4 is 49.6 Å². The molecule has 0 saturated carbocycles. The van der Waals surface area contributed by atoms with E-state index in [1.54, 1.807) is 12.5 Å². The Morgan fingerprint density at radius 2 is 1.55 bits per heavy atom. The maximum absolute atomic E-state index is 3.78. The predicted molar refractivity (Wildman–Crippen MR) is 23.2 cm³/mol. The van der Waals surface area contributed by atoms with Gasteiger partial charge in [0, 0.05) is 19.4 Å². The van der Waals surface area contributed by atoms with Gasteiger partial charge in [0.05, 0.1) is 6.33 Å². The van der Waals surface area contributed by atoms with Gasteiger partial charge in [-0.15, -0.1) is 0 Å². The fraction of sp³-hybridized carbons (Fsp3) is 0.250. The molecule has 0 aliphatic rings. The van der Waals surface area contributed by atoms with Crippen molar-refractivity contribution in [1.82, 2.24) is 9.55 Å². The van der Waals surface area contributed by atoms with Crippen LogP contribution in [-0.2, 0) is 28.8 Å². The van der Waals surface area contributed by atoms with Crippen LogP contribution in [0.15, 0.2) is 18.7 Å². The molecule has 2 nitrogen and oxygen atoms in total. The van der Waals surface area contributed by atoms with Crippen LogP contribution in [0.1, 0.15) is 0 Å². The summed E-state index contributed by atoms with van der Waals surface area (Å²) >= 11 is 0. The Kier molecular flexibility index (Phi) is 46.4. The Labute approximate surface area is 106 Å². The smallest absolute Gasteiger partial charge is 1.00 e. The average Bonchev–Trinajstić information content (AvgIpc) is 1.86. The Bertz CT molecular complexity index is 124. The molecule has 7 heteroatoms. The van der Waals surface area contributed by atoms with Gasteiger partial charge in [0.1, 0.15) is 0 Å². The summed E-state index contributed by atoms with van der Waals surface area (Å²) in [6, 6.07) is 0. The zero-order chi connectivity index (χ0) is 4.41. The van der Waals surface area contributed by atoms with E-state index in [0.717, 1.165) is 0 Å². The molecule has 0 aliphatic carbocycles. The predicted octanol–water partition coefficient (Wildman–Crippen LogP) is -11.6. The molecule has 0 atom stereocenters. The van der Waals surface area contributed by atoms with Gasteiger partial charge < -0.3 is 54.2 Å². The molecule has 0 saturated heterocycles. The van der Waals surface area contributed by atoms with Crippen molar-refractivity contribution in [2.24, 2.45) is 7.05 Å². The van der Waals surface area contributed by atoms with E-state index in [0.29, 0.717) is 0 Å². The van der Waals surface area contributed by atoms with Gasteiger partial charge in [-0.05, 0) is 0 Å². The first kappa shape index (κ1) is 29.6. The summed E-state index contributed by atoms with van der Waals surface area (Å²) in [5, 5.41) is 0. The molecule has 0 N–H and O–H groups in total. The Balaban J connectivity index is -0.0000000240. The van der Waals surface area contributed by atoms with E-state index < -0.39 is 0 Å². The molecule has 1 rings (SSSR count). The van der Waals surface area contributed by atoms with Crippen molar-refractivity contribution in [3.63, 3.8) is 0 Å². The van der Waals surface area contributed by atoms with Gasteiger partial charge in [0.2, 0.25) is 0 Å². The first-order valence-electron chi connectivity index (χ1n) is 1.81. The number of nitrogens with zero attached hydrogens (tertiary/aromatic N) is 2. The summed E-state index contributed by atoms with van der Waals surface area (Å²) in [4.78, 5) is 3.78. The second kappa shape index (κ2) is 17.2. The third kappa shape index (κ3) is 14.0. The average molecular weight is 272 g/mol. The van der Waals surface area contributed by atoms with E-state index in [9.17, 15) is 0 Å². The number of hydrogen-bond acceptors (Lipinski definition) is 1. The first-order chi connectivity index (χ1) is 2.89. The van der Waals surface area contributed by atoms with Crippen LogP contribution in [0.4, 0.5) is 0 Å². The van der Waals surface area contributed by atoms with Gasteiger partial charge in [-0.25, -0.2) is 4.98 Å². The molecule has 64 valence electrons. The fourth-order valence-corrected chi connectivity index (χ4v) is 0.326. The van der Waals surface area contributed by atoms with E-state index in [1.807, 2.05) is 17.8 Å². The number of hydrogen-bond donors (Lipinski definition) is 0. The Morgan fingerprint density at radius 3 is 1.64 bits per heavy atom. The maximum Gasteiger partial charge on any atom is 4.00 e. The van der Waals surface area contributed by atoms with E-state index in [1.165, 1.54) is 0 Å². The van der Waals surface area contributed by atoms with E-state index in [2.05, 4.69) is 4.98 Å². The Morgan fingerprint density at radius 1 is 1.09 bits per heavy atom. The summed E-state index contributed by atoms with van der Waals surface area (Å²) in [5.74, 6) is 0. The zero-order valence-electron chi connectivity index (χ0n) is 5.64. The number of halogens is 4. The molecule has 0 amide bonds. The van der Waals surface area contributed by atoms with Crippen molar-refractivity contribution in [1.29, 1.82) is 0 Å². The number of imidazole rings is 1. The fourth-order valence-electron chi connectivity index (χ4n) is 0.326. The SMILES string of the molecule is Cn1ccnc1.[Cl-].[Cl-].[Cl-].[Cl-].[Ti+4]. The largest absolute Gasteiger partial charge is 4.00 e. The van der Waals surface area contributed by atoms with Gasteiger partial charge in [0.25, 0.3) is 0 Å². The molecule has 1 aromatic heterocycles. The van der Waals surface area contributed by atoms with E-state index >= 15 is 0 Å². The number of rotatable bonds is 0. The number of aromatic nitrogens is 2. The molecule has 0 bridgehead atoms. The minimum atomic E-state index is 0. The normalized spacial score (nSPS) is 4.82. The zero-order valence-corrected chi connectivity index (χ0v) is 10.2. The van der Waals surface area contributed by atoms with Crippen LogP contribution in [0.3, 0.4) is 0 Å². The van der Waals surface area contributed by atoms with Crippen LogP contribution >= 0.6 is 0 Å².